The Hall–Kier alpha value is -2.47. The Labute approximate surface area is 150 Å². The monoisotopic (exact) mass is 355 g/mol. The van der Waals surface area contributed by atoms with Gasteiger partial charge >= 0.3 is 0 Å². The minimum atomic E-state index is -0.349. The third kappa shape index (κ3) is 3.64. The predicted octanol–water partition coefficient (Wildman–Crippen LogP) is 4.29. The van der Waals surface area contributed by atoms with Gasteiger partial charge in [-0.2, -0.15) is 0 Å². The summed E-state index contributed by atoms with van der Waals surface area (Å²) in [6.07, 6.45) is 0. The number of aromatic nitrogens is 3. The number of rotatable bonds is 5. The second-order valence-corrected chi connectivity index (χ2v) is 7.14. The number of hydrogen-bond acceptors (Lipinski definition) is 4. The Morgan fingerprint density at radius 1 is 1.12 bits per heavy atom. The Morgan fingerprint density at radius 2 is 1.80 bits per heavy atom. The first kappa shape index (κ1) is 17.4. The van der Waals surface area contributed by atoms with E-state index >= 15 is 0 Å². The molecule has 128 valence electrons. The van der Waals surface area contributed by atoms with Crippen LogP contribution < -0.4 is 0 Å². The Balaban J connectivity index is 1.81. The highest BCUT2D eigenvalue weighted by molar-refractivity contribution is 8.00. The van der Waals surface area contributed by atoms with E-state index in [0.717, 1.165) is 5.56 Å². The van der Waals surface area contributed by atoms with Gasteiger partial charge < -0.3 is 4.57 Å². The third-order valence-corrected chi connectivity index (χ3v) is 5.07. The molecule has 0 saturated heterocycles. The van der Waals surface area contributed by atoms with Gasteiger partial charge in [-0.25, -0.2) is 4.39 Å². The summed E-state index contributed by atoms with van der Waals surface area (Å²) in [6.45, 7) is 3.82. The van der Waals surface area contributed by atoms with E-state index in [-0.39, 0.29) is 16.9 Å². The molecule has 1 aromatic heterocycles. The van der Waals surface area contributed by atoms with E-state index < -0.39 is 0 Å². The van der Waals surface area contributed by atoms with Gasteiger partial charge in [0.1, 0.15) is 5.82 Å². The first-order chi connectivity index (χ1) is 12.0. The van der Waals surface area contributed by atoms with Crippen LogP contribution in [0.3, 0.4) is 0 Å². The van der Waals surface area contributed by atoms with Gasteiger partial charge in [0.2, 0.25) is 0 Å². The summed E-state index contributed by atoms with van der Waals surface area (Å²) in [7, 11) is 1.77. The number of nitrogens with zero attached hydrogens (tertiary/aromatic N) is 3. The number of carbonyl (C=O) groups excluding carboxylic acids is 1. The molecule has 0 fully saturated rings. The fraction of sp³-hybridized carbons (Fsp3) is 0.211. The largest absolute Gasteiger partial charge is 0.305 e. The molecule has 0 aliphatic carbocycles. The first-order valence-corrected chi connectivity index (χ1v) is 8.77. The minimum absolute atomic E-state index is 0.0282. The molecule has 1 atom stereocenters. The fourth-order valence-corrected chi connectivity index (χ4v) is 3.35. The molecule has 25 heavy (non-hydrogen) atoms. The lowest BCUT2D eigenvalue weighted by molar-refractivity contribution is 0.0994. The van der Waals surface area contributed by atoms with Crippen molar-refractivity contribution in [2.45, 2.75) is 24.3 Å². The molecular formula is C19H18FN3OS. The van der Waals surface area contributed by atoms with Crippen molar-refractivity contribution < 1.29 is 9.18 Å². The van der Waals surface area contributed by atoms with Crippen molar-refractivity contribution in [3.8, 4) is 11.4 Å². The highest BCUT2D eigenvalue weighted by Gasteiger charge is 2.21. The van der Waals surface area contributed by atoms with E-state index in [1.807, 2.05) is 38.1 Å². The van der Waals surface area contributed by atoms with Gasteiger partial charge in [0.15, 0.2) is 16.8 Å². The quantitative estimate of drug-likeness (QED) is 0.506. The summed E-state index contributed by atoms with van der Waals surface area (Å²) in [5.41, 5.74) is 2.17. The van der Waals surface area contributed by atoms with E-state index in [0.29, 0.717) is 22.1 Å². The van der Waals surface area contributed by atoms with Gasteiger partial charge in [0, 0.05) is 12.6 Å². The molecule has 6 heteroatoms. The third-order valence-electron chi connectivity index (χ3n) is 3.94. The van der Waals surface area contributed by atoms with Crippen LogP contribution in [0.1, 0.15) is 22.8 Å². The number of benzene rings is 2. The Kier molecular flexibility index (Phi) is 4.99. The number of thioether (sulfide) groups is 1. The maximum atomic E-state index is 14.0. The molecule has 0 aliphatic rings. The highest BCUT2D eigenvalue weighted by atomic mass is 32.2. The minimum Gasteiger partial charge on any atom is -0.305 e. The number of ketones is 1. The molecule has 4 nitrogen and oxygen atoms in total. The lowest BCUT2D eigenvalue weighted by atomic mass is 10.1. The van der Waals surface area contributed by atoms with Crippen LogP contribution in [0.25, 0.3) is 11.4 Å². The van der Waals surface area contributed by atoms with E-state index in [4.69, 9.17) is 0 Å². The number of aryl methyl sites for hydroxylation is 1. The highest BCUT2D eigenvalue weighted by Crippen LogP contribution is 2.28. The lowest BCUT2D eigenvalue weighted by Gasteiger charge is -2.10. The van der Waals surface area contributed by atoms with Crippen LogP contribution in [0.15, 0.2) is 53.7 Å². The van der Waals surface area contributed by atoms with Crippen molar-refractivity contribution in [2.24, 2.45) is 7.05 Å². The molecule has 3 aromatic rings. The zero-order valence-corrected chi connectivity index (χ0v) is 15.0. The van der Waals surface area contributed by atoms with E-state index in [1.165, 1.54) is 17.8 Å². The standard InChI is InChI=1S/C19H18FN3OS/c1-12-8-10-14(11-9-12)17(24)13(2)25-19-22-21-18(23(19)3)15-6-4-5-7-16(15)20/h4-11,13H,1-3H3. The van der Waals surface area contributed by atoms with Gasteiger partial charge in [-0.05, 0) is 26.0 Å². The maximum Gasteiger partial charge on any atom is 0.191 e. The Morgan fingerprint density at radius 3 is 2.48 bits per heavy atom. The maximum absolute atomic E-state index is 14.0. The van der Waals surface area contributed by atoms with Crippen LogP contribution in [0.2, 0.25) is 0 Å². The summed E-state index contributed by atoms with van der Waals surface area (Å²) in [4.78, 5) is 12.6. The van der Waals surface area contributed by atoms with Crippen molar-refractivity contribution in [3.63, 3.8) is 0 Å². The molecular weight excluding hydrogens is 337 g/mol. The molecule has 0 amide bonds. The van der Waals surface area contributed by atoms with Gasteiger partial charge in [0.25, 0.3) is 0 Å². The summed E-state index contributed by atoms with van der Waals surface area (Å²) >= 11 is 1.32. The summed E-state index contributed by atoms with van der Waals surface area (Å²) < 4.78 is 15.7. The SMILES string of the molecule is Cc1ccc(C(=O)C(C)Sc2nnc(-c3ccccc3F)n2C)cc1. The molecule has 0 aliphatic heterocycles. The molecule has 0 bridgehead atoms. The number of carbonyl (C=O) groups is 1. The van der Waals surface area contributed by atoms with E-state index in [2.05, 4.69) is 10.2 Å². The first-order valence-electron chi connectivity index (χ1n) is 7.89. The molecule has 0 radical (unpaired) electrons. The van der Waals surface area contributed by atoms with Crippen molar-refractivity contribution >= 4 is 17.5 Å². The number of halogens is 1. The average Bonchev–Trinajstić information content (AvgIpc) is 2.96. The second-order valence-electron chi connectivity index (χ2n) is 5.84. The molecule has 0 saturated carbocycles. The van der Waals surface area contributed by atoms with Crippen molar-refractivity contribution in [3.05, 3.63) is 65.5 Å². The molecule has 1 heterocycles. The number of Topliss-reactive ketones (excluding diaryl/α,β-unsaturated/α-hetero) is 1. The summed E-state index contributed by atoms with van der Waals surface area (Å²) in [6, 6.07) is 13.9. The van der Waals surface area contributed by atoms with Crippen LogP contribution in [-0.2, 0) is 7.05 Å². The molecule has 1 unspecified atom stereocenters. The Bertz CT molecular complexity index is 905. The van der Waals surface area contributed by atoms with Crippen molar-refractivity contribution in [1.29, 1.82) is 0 Å². The smallest absolute Gasteiger partial charge is 0.191 e. The average molecular weight is 355 g/mol. The van der Waals surface area contributed by atoms with E-state index in [9.17, 15) is 9.18 Å². The van der Waals surface area contributed by atoms with Gasteiger partial charge in [-0.15, -0.1) is 10.2 Å². The molecule has 0 N–H and O–H groups in total. The van der Waals surface area contributed by atoms with Crippen molar-refractivity contribution in [1.82, 2.24) is 14.8 Å². The van der Waals surface area contributed by atoms with Gasteiger partial charge in [-0.3, -0.25) is 4.79 Å². The summed E-state index contributed by atoms with van der Waals surface area (Å²) in [5.74, 6) is 0.120. The van der Waals surface area contributed by atoms with Crippen LogP contribution in [0.4, 0.5) is 4.39 Å². The second kappa shape index (κ2) is 7.19. The van der Waals surface area contributed by atoms with Crippen LogP contribution >= 0.6 is 11.8 Å². The van der Waals surface area contributed by atoms with Crippen LogP contribution in [0, 0.1) is 12.7 Å². The predicted molar refractivity (Wildman–Crippen MR) is 97.2 cm³/mol. The van der Waals surface area contributed by atoms with Gasteiger partial charge in [0.05, 0.1) is 10.8 Å². The van der Waals surface area contributed by atoms with Crippen molar-refractivity contribution in [2.75, 3.05) is 0 Å². The van der Waals surface area contributed by atoms with Gasteiger partial charge in [-0.1, -0.05) is 53.7 Å². The van der Waals surface area contributed by atoms with Crippen LogP contribution in [-0.4, -0.2) is 25.8 Å². The van der Waals surface area contributed by atoms with E-state index in [1.54, 1.807) is 29.8 Å². The topological polar surface area (TPSA) is 47.8 Å². The normalized spacial score (nSPS) is 12.2. The molecule has 3 rings (SSSR count). The fourth-order valence-electron chi connectivity index (χ4n) is 2.46. The molecule has 2 aromatic carbocycles. The summed E-state index contributed by atoms with van der Waals surface area (Å²) in [5, 5.41) is 8.46. The number of hydrogen-bond donors (Lipinski definition) is 0. The zero-order chi connectivity index (χ0) is 18.0. The zero-order valence-electron chi connectivity index (χ0n) is 14.2. The van der Waals surface area contributed by atoms with Crippen LogP contribution in [0.5, 0.6) is 0 Å². The molecule has 0 spiro atoms. The lowest BCUT2D eigenvalue weighted by Crippen LogP contribution is -2.14.